The predicted molar refractivity (Wildman–Crippen MR) is 68.6 cm³/mol. The van der Waals surface area contributed by atoms with Gasteiger partial charge in [-0.1, -0.05) is 46.9 Å². The van der Waals surface area contributed by atoms with Gasteiger partial charge in [0.05, 0.1) is 10.0 Å². The Bertz CT molecular complexity index is 521. The summed E-state index contributed by atoms with van der Waals surface area (Å²) in [6.45, 7) is 0. The van der Waals surface area contributed by atoms with Crippen LogP contribution in [0.3, 0.4) is 0 Å². The summed E-state index contributed by atoms with van der Waals surface area (Å²) in [5, 5.41) is 10.9. The summed E-state index contributed by atoms with van der Waals surface area (Å²) in [4.78, 5) is 0. The van der Waals surface area contributed by atoms with Gasteiger partial charge in [-0.3, -0.25) is 0 Å². The van der Waals surface area contributed by atoms with Crippen molar-refractivity contribution in [3.63, 3.8) is 0 Å². The molecule has 0 aliphatic carbocycles. The molecule has 0 amide bonds. The van der Waals surface area contributed by atoms with Crippen LogP contribution in [-0.4, -0.2) is 5.11 Å². The normalized spacial score (nSPS) is 10.4. The van der Waals surface area contributed by atoms with Crippen LogP contribution in [0.5, 0.6) is 5.75 Å². The fourth-order valence-electron chi connectivity index (χ4n) is 1.41. The van der Waals surface area contributed by atoms with E-state index in [1.807, 2.05) is 12.1 Å². The lowest BCUT2D eigenvalue weighted by molar-refractivity contribution is 0.475. The van der Waals surface area contributed by atoms with Gasteiger partial charge in [-0.05, 0) is 23.8 Å². The number of aromatic hydroxyl groups is 1. The molecule has 0 bridgehead atoms. The molecular weight excluding hydrogens is 266 g/mol. The molecule has 0 aliphatic heterocycles. The fourth-order valence-corrected chi connectivity index (χ4v) is 1.97. The maximum absolute atomic E-state index is 9.47. The second-order valence-corrected chi connectivity index (χ2v) is 4.52. The van der Waals surface area contributed by atoms with E-state index in [0.717, 1.165) is 5.56 Å². The minimum atomic E-state index is 0.0827. The number of hydrogen-bond donors (Lipinski definition) is 1. The summed E-state index contributed by atoms with van der Waals surface area (Å²) in [5.41, 5.74) is 1.54. The Labute approximate surface area is 108 Å². The molecule has 0 spiro atoms. The summed E-state index contributed by atoms with van der Waals surface area (Å²) in [7, 11) is 0. The first-order valence-corrected chi connectivity index (χ1v) is 5.65. The molecule has 1 N–H and O–H groups in total. The Morgan fingerprint density at radius 1 is 0.875 bits per heavy atom. The first kappa shape index (κ1) is 11.6. The van der Waals surface area contributed by atoms with Crippen LogP contribution in [0.25, 0.3) is 11.1 Å². The minimum Gasteiger partial charge on any atom is -0.508 e. The van der Waals surface area contributed by atoms with Crippen molar-refractivity contribution >= 4 is 34.8 Å². The number of phenols is 1. The second kappa shape index (κ2) is 4.54. The summed E-state index contributed by atoms with van der Waals surface area (Å²) >= 11 is 17.7. The number of rotatable bonds is 1. The van der Waals surface area contributed by atoms with Crippen LogP contribution in [0.4, 0.5) is 0 Å². The van der Waals surface area contributed by atoms with Gasteiger partial charge < -0.3 is 5.11 Å². The predicted octanol–water partition coefficient (Wildman–Crippen LogP) is 5.02. The third-order valence-corrected chi connectivity index (χ3v) is 3.22. The molecule has 2 aromatic carbocycles. The third-order valence-electron chi connectivity index (χ3n) is 2.17. The minimum absolute atomic E-state index is 0.0827. The van der Waals surface area contributed by atoms with Crippen LogP contribution >= 0.6 is 34.8 Å². The molecule has 2 rings (SSSR count). The van der Waals surface area contributed by atoms with Gasteiger partial charge in [0, 0.05) is 16.7 Å². The molecule has 0 aliphatic rings. The number of halogens is 3. The fraction of sp³-hybridized carbons (Fsp3) is 0. The smallest absolute Gasteiger partial charge is 0.117 e. The summed E-state index contributed by atoms with van der Waals surface area (Å²) in [5.74, 6) is 0.0827. The van der Waals surface area contributed by atoms with Gasteiger partial charge in [0.15, 0.2) is 0 Å². The Kier molecular flexibility index (Phi) is 3.29. The molecule has 0 saturated heterocycles. The number of phenolic OH excluding ortho intramolecular Hbond substituents is 1. The van der Waals surface area contributed by atoms with Crippen molar-refractivity contribution in [1.29, 1.82) is 0 Å². The molecule has 16 heavy (non-hydrogen) atoms. The summed E-state index contributed by atoms with van der Waals surface area (Å²) in [6.07, 6.45) is 0. The lowest BCUT2D eigenvalue weighted by Crippen LogP contribution is -1.81. The zero-order valence-electron chi connectivity index (χ0n) is 8.05. The molecule has 0 atom stereocenters. The van der Waals surface area contributed by atoms with Crippen molar-refractivity contribution in [2.24, 2.45) is 0 Å². The van der Waals surface area contributed by atoms with E-state index >= 15 is 0 Å². The molecule has 0 aromatic heterocycles. The van der Waals surface area contributed by atoms with Gasteiger partial charge in [-0.25, -0.2) is 0 Å². The van der Waals surface area contributed by atoms with Crippen molar-refractivity contribution in [1.82, 2.24) is 0 Å². The number of benzene rings is 2. The van der Waals surface area contributed by atoms with E-state index in [1.165, 1.54) is 6.07 Å². The highest BCUT2D eigenvalue weighted by Crippen LogP contribution is 2.37. The van der Waals surface area contributed by atoms with E-state index in [2.05, 4.69) is 0 Å². The summed E-state index contributed by atoms with van der Waals surface area (Å²) in [6, 6.07) is 10.1. The van der Waals surface area contributed by atoms with Crippen LogP contribution in [0, 0.1) is 0 Å². The molecule has 0 heterocycles. The zero-order valence-corrected chi connectivity index (χ0v) is 10.3. The first-order chi connectivity index (χ1) is 7.58. The molecule has 2 aromatic rings. The van der Waals surface area contributed by atoms with Crippen LogP contribution in [-0.2, 0) is 0 Å². The molecule has 1 nitrogen and oxygen atoms in total. The molecule has 0 fully saturated rings. The first-order valence-electron chi connectivity index (χ1n) is 4.52. The lowest BCUT2D eigenvalue weighted by Gasteiger charge is -2.07. The van der Waals surface area contributed by atoms with Crippen LogP contribution < -0.4 is 0 Å². The van der Waals surface area contributed by atoms with E-state index in [9.17, 15) is 5.11 Å². The molecule has 4 heteroatoms. The largest absolute Gasteiger partial charge is 0.508 e. The SMILES string of the molecule is Oc1cc(Cl)c(Cl)c(-c2ccc(Cl)cc2)c1. The monoisotopic (exact) mass is 272 g/mol. The maximum atomic E-state index is 9.47. The van der Waals surface area contributed by atoms with Gasteiger partial charge >= 0.3 is 0 Å². The van der Waals surface area contributed by atoms with E-state index in [0.29, 0.717) is 20.6 Å². The molecular formula is C12H7Cl3O. The van der Waals surface area contributed by atoms with Crippen LogP contribution in [0.1, 0.15) is 0 Å². The van der Waals surface area contributed by atoms with Crippen molar-refractivity contribution in [3.05, 3.63) is 51.5 Å². The highest BCUT2D eigenvalue weighted by atomic mass is 35.5. The van der Waals surface area contributed by atoms with Gasteiger partial charge in [-0.2, -0.15) is 0 Å². The number of hydrogen-bond acceptors (Lipinski definition) is 1. The van der Waals surface area contributed by atoms with Gasteiger partial charge in [0.2, 0.25) is 0 Å². The average molecular weight is 274 g/mol. The van der Waals surface area contributed by atoms with E-state index < -0.39 is 0 Å². The molecule has 82 valence electrons. The Balaban J connectivity index is 2.59. The van der Waals surface area contributed by atoms with E-state index in [-0.39, 0.29) is 5.75 Å². The van der Waals surface area contributed by atoms with Crippen LogP contribution in [0.15, 0.2) is 36.4 Å². The quantitative estimate of drug-likeness (QED) is 0.773. The van der Waals surface area contributed by atoms with E-state index in [1.54, 1.807) is 18.2 Å². The Hall–Kier alpha value is -0.890. The standard InChI is InChI=1S/C12H7Cl3O/c13-8-3-1-7(2-4-8)10-5-9(16)6-11(14)12(10)15/h1-6,16H. The lowest BCUT2D eigenvalue weighted by atomic mass is 10.1. The van der Waals surface area contributed by atoms with Gasteiger partial charge in [0.25, 0.3) is 0 Å². The van der Waals surface area contributed by atoms with Crippen molar-refractivity contribution in [3.8, 4) is 16.9 Å². The topological polar surface area (TPSA) is 20.2 Å². The highest BCUT2D eigenvalue weighted by Gasteiger charge is 2.09. The van der Waals surface area contributed by atoms with Crippen molar-refractivity contribution in [2.75, 3.05) is 0 Å². The zero-order chi connectivity index (χ0) is 11.7. The maximum Gasteiger partial charge on any atom is 0.117 e. The Morgan fingerprint density at radius 3 is 2.12 bits per heavy atom. The van der Waals surface area contributed by atoms with E-state index in [4.69, 9.17) is 34.8 Å². The summed E-state index contributed by atoms with van der Waals surface area (Å²) < 4.78 is 0. The van der Waals surface area contributed by atoms with Gasteiger partial charge in [-0.15, -0.1) is 0 Å². The van der Waals surface area contributed by atoms with Crippen molar-refractivity contribution < 1.29 is 5.11 Å². The molecule has 0 saturated carbocycles. The highest BCUT2D eigenvalue weighted by molar-refractivity contribution is 6.43. The van der Waals surface area contributed by atoms with Crippen molar-refractivity contribution in [2.45, 2.75) is 0 Å². The second-order valence-electron chi connectivity index (χ2n) is 3.30. The van der Waals surface area contributed by atoms with Gasteiger partial charge in [0.1, 0.15) is 5.75 Å². The molecule has 0 unspecified atom stereocenters. The molecule has 0 radical (unpaired) electrons. The third kappa shape index (κ3) is 2.27. The van der Waals surface area contributed by atoms with Crippen LogP contribution in [0.2, 0.25) is 15.1 Å². The Morgan fingerprint density at radius 2 is 1.50 bits per heavy atom. The average Bonchev–Trinajstić information content (AvgIpc) is 2.25.